The Kier molecular flexibility index (Phi) is 5.23. The molecular formula is C19H21ClN2O3. The number of hydrogen-bond donors (Lipinski definition) is 1. The zero-order valence-corrected chi connectivity index (χ0v) is 14.8. The topological polar surface area (TPSA) is 66.5 Å². The van der Waals surface area contributed by atoms with Crippen LogP contribution in [-0.4, -0.2) is 29.2 Å². The van der Waals surface area contributed by atoms with E-state index in [1.54, 1.807) is 12.1 Å². The van der Waals surface area contributed by atoms with Crippen molar-refractivity contribution < 1.29 is 14.4 Å². The maximum atomic E-state index is 12.4. The number of carbonyl (C=O) groups is 3. The molecule has 132 valence electrons. The van der Waals surface area contributed by atoms with Gasteiger partial charge in [-0.15, -0.1) is 0 Å². The monoisotopic (exact) mass is 360 g/mol. The Balaban J connectivity index is 1.53. The van der Waals surface area contributed by atoms with Crippen LogP contribution in [0.5, 0.6) is 0 Å². The lowest BCUT2D eigenvalue weighted by Gasteiger charge is -2.17. The van der Waals surface area contributed by atoms with Gasteiger partial charge in [-0.25, -0.2) is 0 Å². The normalized spacial score (nSPS) is 23.5. The number of fused-ring (bicyclic) bond motifs is 1. The van der Waals surface area contributed by atoms with Crippen LogP contribution in [0.15, 0.2) is 36.4 Å². The lowest BCUT2D eigenvalue weighted by molar-refractivity contribution is -0.140. The third kappa shape index (κ3) is 3.76. The van der Waals surface area contributed by atoms with Crippen molar-refractivity contribution in [2.45, 2.75) is 32.2 Å². The number of hydrogen-bond acceptors (Lipinski definition) is 3. The van der Waals surface area contributed by atoms with Crippen LogP contribution in [0.2, 0.25) is 5.02 Å². The van der Waals surface area contributed by atoms with Gasteiger partial charge in [0.2, 0.25) is 17.7 Å². The summed E-state index contributed by atoms with van der Waals surface area (Å²) < 4.78 is 0. The summed E-state index contributed by atoms with van der Waals surface area (Å²) >= 11 is 5.86. The standard InChI is InChI=1S/C19H21ClN2O3/c1-12(13-6-8-14(20)9-7-13)21-17(23)10-11-22-18(24)15-4-2-3-5-16(15)19(22)25/h2-3,6-9,12,15-16H,4-5,10-11H2,1H3,(H,21,23)/t12-,15-,16+/m0/s1. The number of nitrogens with zero attached hydrogens (tertiary/aromatic N) is 1. The van der Waals surface area contributed by atoms with Crippen molar-refractivity contribution >= 4 is 29.3 Å². The van der Waals surface area contributed by atoms with Crippen molar-refractivity contribution in [2.75, 3.05) is 6.54 Å². The molecule has 25 heavy (non-hydrogen) atoms. The molecule has 1 saturated heterocycles. The molecule has 1 aliphatic carbocycles. The minimum Gasteiger partial charge on any atom is -0.350 e. The summed E-state index contributed by atoms with van der Waals surface area (Å²) in [7, 11) is 0. The van der Waals surface area contributed by atoms with Gasteiger partial charge in [-0.05, 0) is 37.5 Å². The summed E-state index contributed by atoms with van der Waals surface area (Å²) in [6.07, 6.45) is 5.26. The zero-order valence-electron chi connectivity index (χ0n) is 14.1. The van der Waals surface area contributed by atoms with Gasteiger partial charge in [-0.2, -0.15) is 0 Å². The molecular weight excluding hydrogens is 340 g/mol. The van der Waals surface area contributed by atoms with E-state index in [2.05, 4.69) is 5.32 Å². The Bertz CT molecular complexity index is 688. The smallest absolute Gasteiger partial charge is 0.233 e. The first-order valence-corrected chi connectivity index (χ1v) is 8.90. The van der Waals surface area contributed by atoms with E-state index in [-0.39, 0.29) is 48.6 Å². The molecule has 0 bridgehead atoms. The maximum Gasteiger partial charge on any atom is 0.233 e. The zero-order chi connectivity index (χ0) is 18.0. The number of halogens is 1. The fraction of sp³-hybridized carbons (Fsp3) is 0.421. The molecule has 0 radical (unpaired) electrons. The Labute approximate surface area is 152 Å². The third-order valence-corrected chi connectivity index (χ3v) is 5.16. The first kappa shape index (κ1) is 17.7. The summed E-state index contributed by atoms with van der Waals surface area (Å²) in [5.41, 5.74) is 0.947. The van der Waals surface area contributed by atoms with Crippen LogP contribution in [-0.2, 0) is 14.4 Å². The van der Waals surface area contributed by atoms with Gasteiger partial charge in [0, 0.05) is 18.0 Å². The Morgan fingerprint density at radius 1 is 1.16 bits per heavy atom. The van der Waals surface area contributed by atoms with E-state index in [1.807, 2.05) is 31.2 Å². The lowest BCUT2D eigenvalue weighted by Crippen LogP contribution is -2.36. The average molecular weight is 361 g/mol. The Morgan fingerprint density at radius 2 is 1.72 bits per heavy atom. The van der Waals surface area contributed by atoms with Gasteiger partial charge in [-0.3, -0.25) is 19.3 Å². The van der Waals surface area contributed by atoms with Gasteiger partial charge < -0.3 is 5.32 Å². The molecule has 0 unspecified atom stereocenters. The molecule has 3 rings (SSSR count). The molecule has 0 aromatic heterocycles. The van der Waals surface area contributed by atoms with Gasteiger partial charge >= 0.3 is 0 Å². The van der Waals surface area contributed by atoms with Gasteiger partial charge in [0.1, 0.15) is 0 Å². The van der Waals surface area contributed by atoms with Crippen molar-refractivity contribution in [3.8, 4) is 0 Å². The summed E-state index contributed by atoms with van der Waals surface area (Å²) in [4.78, 5) is 38.2. The van der Waals surface area contributed by atoms with Crippen molar-refractivity contribution in [1.29, 1.82) is 0 Å². The number of nitrogens with one attached hydrogen (secondary N) is 1. The first-order chi connectivity index (χ1) is 12.0. The molecule has 6 heteroatoms. The molecule has 2 aliphatic rings. The highest BCUT2D eigenvalue weighted by Crippen LogP contribution is 2.35. The van der Waals surface area contributed by atoms with Crippen LogP contribution in [0.3, 0.4) is 0 Å². The molecule has 5 nitrogen and oxygen atoms in total. The predicted molar refractivity (Wildman–Crippen MR) is 94.7 cm³/mol. The van der Waals surface area contributed by atoms with Crippen LogP contribution < -0.4 is 5.32 Å². The molecule has 1 fully saturated rings. The van der Waals surface area contributed by atoms with Gasteiger partial charge in [0.25, 0.3) is 0 Å². The van der Waals surface area contributed by atoms with Crippen LogP contribution in [0.4, 0.5) is 0 Å². The van der Waals surface area contributed by atoms with Crippen LogP contribution >= 0.6 is 11.6 Å². The number of carbonyl (C=O) groups excluding carboxylic acids is 3. The molecule has 1 heterocycles. The van der Waals surface area contributed by atoms with Crippen LogP contribution in [0.25, 0.3) is 0 Å². The summed E-state index contributed by atoms with van der Waals surface area (Å²) in [6, 6.07) is 7.10. The Morgan fingerprint density at radius 3 is 2.28 bits per heavy atom. The highest BCUT2D eigenvalue weighted by Gasteiger charge is 2.46. The fourth-order valence-corrected chi connectivity index (χ4v) is 3.58. The highest BCUT2D eigenvalue weighted by molar-refractivity contribution is 6.30. The van der Waals surface area contributed by atoms with E-state index in [9.17, 15) is 14.4 Å². The van der Waals surface area contributed by atoms with Gasteiger partial charge in [0.05, 0.1) is 17.9 Å². The maximum absolute atomic E-state index is 12.4. The quantitative estimate of drug-likeness (QED) is 0.648. The van der Waals surface area contributed by atoms with Gasteiger partial charge in [0.15, 0.2) is 0 Å². The number of rotatable bonds is 5. The predicted octanol–water partition coefficient (Wildman–Crippen LogP) is 2.86. The van der Waals surface area contributed by atoms with E-state index in [0.29, 0.717) is 17.9 Å². The lowest BCUT2D eigenvalue weighted by atomic mass is 9.85. The number of benzene rings is 1. The van der Waals surface area contributed by atoms with E-state index in [1.165, 1.54) is 4.90 Å². The van der Waals surface area contributed by atoms with E-state index in [4.69, 9.17) is 11.6 Å². The minimum atomic E-state index is -0.242. The van der Waals surface area contributed by atoms with Gasteiger partial charge in [-0.1, -0.05) is 35.9 Å². The summed E-state index contributed by atoms with van der Waals surface area (Å²) in [5.74, 6) is -0.950. The summed E-state index contributed by atoms with van der Waals surface area (Å²) in [6.45, 7) is 2.03. The number of likely N-dealkylation sites (tertiary alicyclic amines) is 1. The summed E-state index contributed by atoms with van der Waals surface area (Å²) in [5, 5.41) is 3.53. The molecule has 0 spiro atoms. The SMILES string of the molecule is C[C@H](NC(=O)CCN1C(=O)[C@H]2CC=CC[C@H]2C1=O)c1ccc(Cl)cc1. The average Bonchev–Trinajstić information content (AvgIpc) is 2.85. The van der Waals surface area contributed by atoms with Crippen molar-refractivity contribution in [1.82, 2.24) is 10.2 Å². The second-order valence-electron chi connectivity index (χ2n) is 6.57. The fourth-order valence-electron chi connectivity index (χ4n) is 3.45. The molecule has 1 aromatic rings. The van der Waals surface area contributed by atoms with Crippen molar-refractivity contribution in [3.63, 3.8) is 0 Å². The second kappa shape index (κ2) is 7.40. The number of amides is 3. The third-order valence-electron chi connectivity index (χ3n) is 4.91. The second-order valence-corrected chi connectivity index (χ2v) is 7.01. The van der Waals surface area contributed by atoms with E-state index < -0.39 is 0 Å². The highest BCUT2D eigenvalue weighted by atomic mass is 35.5. The number of allylic oxidation sites excluding steroid dienone is 2. The molecule has 1 aromatic carbocycles. The Hall–Kier alpha value is -2.14. The molecule has 1 N–H and O–H groups in total. The minimum absolute atomic E-state index is 0.113. The number of imide groups is 1. The molecule has 3 atom stereocenters. The van der Waals surface area contributed by atoms with Crippen molar-refractivity contribution in [2.24, 2.45) is 11.8 Å². The van der Waals surface area contributed by atoms with Crippen LogP contribution in [0, 0.1) is 11.8 Å². The molecule has 3 amide bonds. The molecule has 0 saturated carbocycles. The van der Waals surface area contributed by atoms with E-state index >= 15 is 0 Å². The van der Waals surface area contributed by atoms with Crippen molar-refractivity contribution in [3.05, 3.63) is 47.0 Å². The van der Waals surface area contributed by atoms with E-state index in [0.717, 1.165) is 5.56 Å². The largest absolute Gasteiger partial charge is 0.350 e. The first-order valence-electron chi connectivity index (χ1n) is 8.52. The molecule has 1 aliphatic heterocycles. The van der Waals surface area contributed by atoms with Crippen LogP contribution in [0.1, 0.15) is 37.8 Å².